The fourth-order valence-corrected chi connectivity index (χ4v) is 4.64. The van der Waals surface area contributed by atoms with E-state index in [0.717, 1.165) is 0 Å². The number of aromatic nitrogens is 1. The van der Waals surface area contributed by atoms with Crippen LogP contribution < -0.4 is 0 Å². The number of aliphatic hydroxyl groups excluding tert-OH is 1. The third-order valence-electron chi connectivity index (χ3n) is 4.21. The molecule has 114 valence electrons. The van der Waals surface area contributed by atoms with Gasteiger partial charge < -0.3 is 10.1 Å². The fourth-order valence-electron chi connectivity index (χ4n) is 2.87. The minimum absolute atomic E-state index is 0.0404. The third kappa shape index (κ3) is 2.25. The Kier molecular flexibility index (Phi) is 3.51. The lowest BCUT2D eigenvalue weighted by atomic mass is 10.00. The van der Waals surface area contributed by atoms with Crippen LogP contribution in [0, 0.1) is 17.7 Å². The van der Waals surface area contributed by atoms with Gasteiger partial charge in [0.1, 0.15) is 10.7 Å². The zero-order valence-corrected chi connectivity index (χ0v) is 12.4. The molecule has 1 aliphatic rings. The van der Waals surface area contributed by atoms with E-state index < -0.39 is 15.8 Å². The molecular formula is C14H17FN2O3S. The van der Waals surface area contributed by atoms with Crippen LogP contribution in [0.5, 0.6) is 0 Å². The Morgan fingerprint density at radius 3 is 2.86 bits per heavy atom. The number of hydrogen-bond donors (Lipinski definition) is 2. The molecule has 0 aliphatic carbocycles. The molecule has 1 aromatic carbocycles. The summed E-state index contributed by atoms with van der Waals surface area (Å²) in [6, 6.07) is 4.42. The molecule has 0 bridgehead atoms. The first-order valence-corrected chi connectivity index (χ1v) is 8.25. The highest BCUT2D eigenvalue weighted by molar-refractivity contribution is 7.89. The van der Waals surface area contributed by atoms with Crippen LogP contribution in [-0.2, 0) is 10.0 Å². The van der Waals surface area contributed by atoms with E-state index in [2.05, 4.69) is 4.98 Å². The topological polar surface area (TPSA) is 73.4 Å². The number of nitrogens with zero attached hydrogens (tertiary/aromatic N) is 1. The first-order valence-electron chi connectivity index (χ1n) is 6.81. The van der Waals surface area contributed by atoms with Gasteiger partial charge in [0.15, 0.2) is 0 Å². The van der Waals surface area contributed by atoms with E-state index in [1.807, 2.05) is 6.92 Å². The largest absolute Gasteiger partial charge is 0.396 e. The van der Waals surface area contributed by atoms with E-state index in [1.54, 1.807) is 6.07 Å². The van der Waals surface area contributed by atoms with Gasteiger partial charge in [0.2, 0.25) is 10.0 Å². The first kappa shape index (κ1) is 14.5. The summed E-state index contributed by atoms with van der Waals surface area (Å²) in [5, 5.41) is 9.37. The van der Waals surface area contributed by atoms with Gasteiger partial charge >= 0.3 is 0 Å². The number of H-pyrrole nitrogens is 1. The fraction of sp³-hybridized carbons (Fsp3) is 0.429. The van der Waals surface area contributed by atoms with Crippen molar-refractivity contribution in [3.05, 3.63) is 30.2 Å². The van der Waals surface area contributed by atoms with Crippen molar-refractivity contribution in [2.45, 2.75) is 11.8 Å². The molecule has 3 rings (SSSR count). The number of halogens is 1. The second kappa shape index (κ2) is 5.08. The number of aromatic amines is 1. The molecule has 0 radical (unpaired) electrons. The van der Waals surface area contributed by atoms with Gasteiger partial charge in [0, 0.05) is 31.4 Å². The molecule has 2 aromatic rings. The number of rotatable bonds is 3. The molecule has 2 atom stereocenters. The number of benzene rings is 1. The normalized spacial score (nSPS) is 24.0. The van der Waals surface area contributed by atoms with Crippen LogP contribution in [0.3, 0.4) is 0 Å². The summed E-state index contributed by atoms with van der Waals surface area (Å²) in [5.74, 6) is -0.548. The Morgan fingerprint density at radius 2 is 2.19 bits per heavy atom. The highest BCUT2D eigenvalue weighted by Gasteiger charge is 2.38. The van der Waals surface area contributed by atoms with Crippen LogP contribution >= 0.6 is 0 Å². The molecule has 21 heavy (non-hydrogen) atoms. The molecule has 1 aromatic heterocycles. The number of sulfonamides is 1. The van der Waals surface area contributed by atoms with Crippen molar-refractivity contribution in [1.82, 2.24) is 9.29 Å². The van der Waals surface area contributed by atoms with Crippen LogP contribution in [-0.4, -0.2) is 42.5 Å². The van der Waals surface area contributed by atoms with E-state index in [9.17, 15) is 17.9 Å². The van der Waals surface area contributed by atoms with E-state index in [-0.39, 0.29) is 35.3 Å². The van der Waals surface area contributed by atoms with Crippen molar-refractivity contribution in [3.63, 3.8) is 0 Å². The Morgan fingerprint density at radius 1 is 1.43 bits per heavy atom. The molecule has 0 saturated carbocycles. The summed E-state index contributed by atoms with van der Waals surface area (Å²) in [7, 11) is -3.77. The zero-order valence-electron chi connectivity index (χ0n) is 11.6. The second-order valence-electron chi connectivity index (χ2n) is 5.56. The number of nitrogens with one attached hydrogen (secondary N) is 1. The van der Waals surface area contributed by atoms with E-state index in [1.165, 1.54) is 22.6 Å². The van der Waals surface area contributed by atoms with E-state index >= 15 is 0 Å². The average Bonchev–Trinajstić information content (AvgIpc) is 3.03. The molecule has 1 fully saturated rings. The van der Waals surface area contributed by atoms with Crippen LogP contribution in [0.4, 0.5) is 4.39 Å². The van der Waals surface area contributed by atoms with Gasteiger partial charge in [-0.1, -0.05) is 13.0 Å². The van der Waals surface area contributed by atoms with Gasteiger partial charge in [-0.3, -0.25) is 0 Å². The first-order chi connectivity index (χ1) is 9.95. The van der Waals surface area contributed by atoms with Crippen LogP contribution in [0.2, 0.25) is 0 Å². The molecule has 1 aliphatic heterocycles. The van der Waals surface area contributed by atoms with Crippen molar-refractivity contribution in [2.24, 2.45) is 11.8 Å². The van der Waals surface area contributed by atoms with Crippen molar-refractivity contribution in [1.29, 1.82) is 0 Å². The smallest absolute Gasteiger partial charge is 0.245 e. The lowest BCUT2D eigenvalue weighted by Gasteiger charge is -2.15. The van der Waals surface area contributed by atoms with Crippen molar-refractivity contribution >= 4 is 20.9 Å². The monoisotopic (exact) mass is 312 g/mol. The summed E-state index contributed by atoms with van der Waals surface area (Å²) in [5.41, 5.74) is 0.458. The number of fused-ring (bicyclic) bond motifs is 1. The second-order valence-corrected chi connectivity index (χ2v) is 7.46. The van der Waals surface area contributed by atoms with Crippen LogP contribution in [0.1, 0.15) is 6.92 Å². The standard InChI is InChI=1S/C14H17FN2O3S/c1-9-6-17(7-10(9)8-18)21(19,20)13-5-16-12-4-2-3-11(15)14(12)13/h2-5,9-10,16,18H,6-8H2,1H3/t9-,10+/m1/s1. The molecule has 5 nitrogen and oxygen atoms in total. The van der Waals surface area contributed by atoms with Crippen molar-refractivity contribution in [3.8, 4) is 0 Å². The van der Waals surface area contributed by atoms with Gasteiger partial charge in [0.05, 0.1) is 5.39 Å². The van der Waals surface area contributed by atoms with Crippen molar-refractivity contribution < 1.29 is 17.9 Å². The molecule has 0 spiro atoms. The third-order valence-corrected chi connectivity index (χ3v) is 6.06. The van der Waals surface area contributed by atoms with Gasteiger partial charge in [-0.15, -0.1) is 0 Å². The quantitative estimate of drug-likeness (QED) is 0.903. The minimum Gasteiger partial charge on any atom is -0.396 e. The van der Waals surface area contributed by atoms with Crippen LogP contribution in [0.15, 0.2) is 29.3 Å². The van der Waals surface area contributed by atoms with Crippen LogP contribution in [0.25, 0.3) is 10.9 Å². The Labute approximate surface area is 122 Å². The molecule has 2 heterocycles. The molecule has 7 heteroatoms. The van der Waals surface area contributed by atoms with Gasteiger partial charge in [-0.05, 0) is 24.0 Å². The highest BCUT2D eigenvalue weighted by atomic mass is 32.2. The maximum atomic E-state index is 14.0. The molecule has 0 unspecified atom stereocenters. The molecular weight excluding hydrogens is 295 g/mol. The van der Waals surface area contributed by atoms with E-state index in [0.29, 0.717) is 12.1 Å². The predicted octanol–water partition coefficient (Wildman–Crippen LogP) is 1.56. The summed E-state index contributed by atoms with van der Waals surface area (Å²) in [6.45, 7) is 2.47. The Balaban J connectivity index is 2.06. The number of aliphatic hydroxyl groups is 1. The lowest BCUT2D eigenvalue weighted by molar-refractivity contribution is 0.210. The number of hydrogen-bond acceptors (Lipinski definition) is 3. The Hall–Kier alpha value is -1.44. The summed E-state index contributed by atoms with van der Waals surface area (Å²) in [4.78, 5) is 2.76. The SMILES string of the molecule is C[C@@H]1CN(S(=O)(=O)c2c[nH]c3cccc(F)c23)C[C@H]1CO. The van der Waals surface area contributed by atoms with E-state index in [4.69, 9.17) is 0 Å². The Bertz CT molecular complexity index is 772. The zero-order chi connectivity index (χ0) is 15.2. The summed E-state index contributed by atoms with van der Waals surface area (Å²) < 4.78 is 40.8. The molecule has 0 amide bonds. The van der Waals surface area contributed by atoms with Gasteiger partial charge in [0.25, 0.3) is 0 Å². The maximum Gasteiger partial charge on any atom is 0.245 e. The highest BCUT2D eigenvalue weighted by Crippen LogP contribution is 2.32. The van der Waals surface area contributed by atoms with Gasteiger partial charge in [-0.2, -0.15) is 4.31 Å². The average molecular weight is 312 g/mol. The van der Waals surface area contributed by atoms with Gasteiger partial charge in [-0.25, -0.2) is 12.8 Å². The summed E-state index contributed by atoms with van der Waals surface area (Å²) >= 11 is 0. The van der Waals surface area contributed by atoms with Crippen molar-refractivity contribution in [2.75, 3.05) is 19.7 Å². The predicted molar refractivity (Wildman–Crippen MR) is 76.8 cm³/mol. The maximum absolute atomic E-state index is 14.0. The minimum atomic E-state index is -3.77. The lowest BCUT2D eigenvalue weighted by Crippen LogP contribution is -2.29. The molecule has 1 saturated heterocycles. The summed E-state index contributed by atoms with van der Waals surface area (Å²) in [6.07, 6.45) is 1.33. The molecule has 2 N–H and O–H groups in total.